The highest BCUT2D eigenvalue weighted by molar-refractivity contribution is 5.85. The molecule has 1 N–H and O–H groups in total. The lowest BCUT2D eigenvalue weighted by molar-refractivity contribution is -0.149. The molecule has 28 heavy (non-hydrogen) atoms. The number of carbonyl (C=O) groups excluding carboxylic acids is 1. The summed E-state index contributed by atoms with van der Waals surface area (Å²) in [4.78, 5) is 19.5. The van der Waals surface area contributed by atoms with Crippen molar-refractivity contribution in [3.8, 4) is 0 Å². The quantitative estimate of drug-likeness (QED) is 0.829. The maximum Gasteiger partial charge on any atom is 0.254 e. The van der Waals surface area contributed by atoms with Crippen LogP contribution in [0, 0.1) is 5.92 Å². The van der Waals surface area contributed by atoms with Crippen LogP contribution in [0.1, 0.15) is 63.2 Å². The summed E-state index contributed by atoms with van der Waals surface area (Å²) in [5.74, 6) is 1.49. The molecule has 0 unspecified atom stereocenters. The van der Waals surface area contributed by atoms with Crippen molar-refractivity contribution in [1.29, 1.82) is 0 Å². The van der Waals surface area contributed by atoms with Crippen molar-refractivity contribution in [3.05, 3.63) is 47.6 Å². The summed E-state index contributed by atoms with van der Waals surface area (Å²) < 4.78 is 5.73. The molecule has 0 spiro atoms. The van der Waals surface area contributed by atoms with E-state index in [-0.39, 0.29) is 11.3 Å². The first-order chi connectivity index (χ1) is 13.4. The van der Waals surface area contributed by atoms with Gasteiger partial charge in [0.1, 0.15) is 5.60 Å². The van der Waals surface area contributed by atoms with Gasteiger partial charge in [0.05, 0.1) is 5.41 Å². The van der Waals surface area contributed by atoms with Crippen molar-refractivity contribution >= 4 is 5.91 Å². The van der Waals surface area contributed by atoms with Crippen LogP contribution < -0.4 is 0 Å². The summed E-state index contributed by atoms with van der Waals surface area (Å²) in [5.41, 5.74) is -0.420. The molecule has 0 bridgehead atoms. The average Bonchev–Trinajstić information content (AvgIpc) is 3.36. The van der Waals surface area contributed by atoms with Crippen LogP contribution in [0.5, 0.6) is 0 Å². The Bertz CT molecular complexity index is 833. The zero-order chi connectivity index (χ0) is 19.8. The van der Waals surface area contributed by atoms with Gasteiger partial charge in [0, 0.05) is 19.5 Å². The minimum absolute atomic E-state index is 0.174. The molecule has 2 heterocycles. The number of amides is 1. The molecular weight excluding hydrogens is 354 g/mol. The number of hydrogen-bond donors (Lipinski definition) is 1. The number of rotatable bonds is 6. The van der Waals surface area contributed by atoms with Gasteiger partial charge in [-0.05, 0) is 37.7 Å². The van der Waals surface area contributed by atoms with Crippen LogP contribution in [-0.4, -0.2) is 44.7 Å². The summed E-state index contributed by atoms with van der Waals surface area (Å²) >= 11 is 0. The molecule has 1 aliphatic heterocycles. The summed E-state index contributed by atoms with van der Waals surface area (Å²) in [6.45, 7) is 4.83. The lowest BCUT2D eigenvalue weighted by atomic mass is 9.80. The zero-order valence-corrected chi connectivity index (χ0v) is 16.7. The SMILES string of the molecule is CCC[C@@](C)(O)C(=O)N1C[C@H]2CCC[C@@]2(c2nc(Cc3ccccc3)no2)C1. The molecule has 1 aromatic carbocycles. The molecule has 2 fully saturated rings. The standard InChI is InChI=1S/C22H29N3O3/c1-3-11-21(2,27)20(26)25-14-17-10-7-12-22(17,15-25)19-23-18(24-28-19)13-16-8-5-4-6-9-16/h4-6,8-9,17,27H,3,7,10-15H2,1-2H3/t17-,21-,22-/m1/s1. The van der Waals surface area contributed by atoms with E-state index in [2.05, 4.69) is 17.3 Å². The Morgan fingerprint density at radius 3 is 2.93 bits per heavy atom. The molecule has 1 saturated carbocycles. The van der Waals surface area contributed by atoms with E-state index in [9.17, 15) is 9.90 Å². The van der Waals surface area contributed by atoms with Gasteiger partial charge in [-0.1, -0.05) is 55.3 Å². The minimum atomic E-state index is -1.30. The smallest absolute Gasteiger partial charge is 0.254 e. The maximum absolute atomic E-state index is 12.9. The maximum atomic E-state index is 12.9. The molecule has 150 valence electrons. The fourth-order valence-electron chi connectivity index (χ4n) is 5.03. The van der Waals surface area contributed by atoms with E-state index in [1.54, 1.807) is 6.92 Å². The van der Waals surface area contributed by atoms with Crippen molar-refractivity contribution in [2.24, 2.45) is 5.92 Å². The van der Waals surface area contributed by atoms with Crippen molar-refractivity contribution in [2.45, 2.75) is 63.4 Å². The number of aliphatic hydroxyl groups is 1. The Morgan fingerprint density at radius 2 is 2.18 bits per heavy atom. The lowest BCUT2D eigenvalue weighted by Crippen LogP contribution is -2.47. The van der Waals surface area contributed by atoms with Gasteiger partial charge in [0.15, 0.2) is 5.82 Å². The van der Waals surface area contributed by atoms with Gasteiger partial charge in [-0.15, -0.1) is 0 Å². The summed E-state index contributed by atoms with van der Waals surface area (Å²) in [7, 11) is 0. The van der Waals surface area contributed by atoms with E-state index >= 15 is 0 Å². The van der Waals surface area contributed by atoms with Crippen LogP contribution >= 0.6 is 0 Å². The van der Waals surface area contributed by atoms with Crippen LogP contribution in [0.25, 0.3) is 0 Å². The van der Waals surface area contributed by atoms with E-state index in [1.165, 1.54) is 0 Å². The highest BCUT2D eigenvalue weighted by Gasteiger charge is 2.56. The highest BCUT2D eigenvalue weighted by Crippen LogP contribution is 2.50. The van der Waals surface area contributed by atoms with Gasteiger partial charge < -0.3 is 14.5 Å². The third-order valence-corrected chi connectivity index (χ3v) is 6.45. The first kappa shape index (κ1) is 19.1. The molecule has 3 atom stereocenters. The zero-order valence-electron chi connectivity index (χ0n) is 16.7. The Morgan fingerprint density at radius 1 is 1.39 bits per heavy atom. The van der Waals surface area contributed by atoms with Gasteiger partial charge in [0.25, 0.3) is 5.91 Å². The van der Waals surface area contributed by atoms with Crippen LogP contribution in [0.3, 0.4) is 0 Å². The number of hydrogen-bond acceptors (Lipinski definition) is 5. The molecule has 1 aliphatic carbocycles. The first-order valence-electron chi connectivity index (χ1n) is 10.3. The predicted octanol–water partition coefficient (Wildman–Crippen LogP) is 3.09. The third-order valence-electron chi connectivity index (χ3n) is 6.45. The normalized spacial score (nSPS) is 26.2. The molecule has 0 radical (unpaired) electrons. The number of benzene rings is 1. The van der Waals surface area contributed by atoms with Crippen LogP contribution in [0.15, 0.2) is 34.9 Å². The molecule has 4 rings (SSSR count). The van der Waals surface area contributed by atoms with Crippen LogP contribution in [0.2, 0.25) is 0 Å². The summed E-state index contributed by atoms with van der Waals surface area (Å²) in [6, 6.07) is 10.1. The van der Waals surface area contributed by atoms with Crippen molar-refractivity contribution in [2.75, 3.05) is 13.1 Å². The first-order valence-corrected chi connectivity index (χ1v) is 10.3. The van der Waals surface area contributed by atoms with E-state index in [1.807, 2.05) is 30.0 Å². The van der Waals surface area contributed by atoms with Crippen LogP contribution in [-0.2, 0) is 16.6 Å². The Hall–Kier alpha value is -2.21. The molecule has 1 saturated heterocycles. The van der Waals surface area contributed by atoms with Crippen molar-refractivity contribution in [1.82, 2.24) is 15.0 Å². The van der Waals surface area contributed by atoms with E-state index < -0.39 is 5.60 Å². The Balaban J connectivity index is 1.54. The van der Waals surface area contributed by atoms with Gasteiger partial charge in [0.2, 0.25) is 5.89 Å². The second kappa shape index (κ2) is 7.32. The van der Waals surface area contributed by atoms with Gasteiger partial charge in [-0.2, -0.15) is 4.98 Å². The molecule has 6 nitrogen and oxygen atoms in total. The minimum Gasteiger partial charge on any atom is -0.380 e. The monoisotopic (exact) mass is 383 g/mol. The lowest BCUT2D eigenvalue weighted by Gasteiger charge is -2.29. The molecular formula is C22H29N3O3. The molecule has 6 heteroatoms. The second-order valence-corrected chi connectivity index (χ2v) is 8.63. The number of fused-ring (bicyclic) bond motifs is 1. The largest absolute Gasteiger partial charge is 0.380 e. The molecule has 1 amide bonds. The van der Waals surface area contributed by atoms with E-state index in [0.29, 0.717) is 43.6 Å². The van der Waals surface area contributed by atoms with Gasteiger partial charge >= 0.3 is 0 Å². The topological polar surface area (TPSA) is 79.5 Å². The van der Waals surface area contributed by atoms with Crippen LogP contribution in [0.4, 0.5) is 0 Å². The number of carbonyl (C=O) groups is 1. The van der Waals surface area contributed by atoms with E-state index in [4.69, 9.17) is 9.51 Å². The fourth-order valence-corrected chi connectivity index (χ4v) is 5.03. The summed E-state index contributed by atoms with van der Waals surface area (Å²) in [5, 5.41) is 14.8. The number of aromatic nitrogens is 2. The molecule has 2 aromatic rings. The van der Waals surface area contributed by atoms with E-state index in [0.717, 1.165) is 31.2 Å². The number of nitrogens with zero attached hydrogens (tertiary/aromatic N) is 3. The average molecular weight is 383 g/mol. The molecule has 2 aliphatic rings. The Kier molecular flexibility index (Phi) is 5.00. The van der Waals surface area contributed by atoms with Crippen molar-refractivity contribution in [3.63, 3.8) is 0 Å². The Labute approximate surface area is 165 Å². The molecule has 1 aromatic heterocycles. The second-order valence-electron chi connectivity index (χ2n) is 8.63. The highest BCUT2D eigenvalue weighted by atomic mass is 16.5. The fraction of sp³-hybridized carbons (Fsp3) is 0.591. The van der Waals surface area contributed by atoms with Gasteiger partial charge in [-0.3, -0.25) is 4.79 Å². The van der Waals surface area contributed by atoms with Crippen molar-refractivity contribution < 1.29 is 14.4 Å². The summed E-state index contributed by atoms with van der Waals surface area (Å²) in [6.07, 6.45) is 4.99. The van der Waals surface area contributed by atoms with Gasteiger partial charge in [-0.25, -0.2) is 0 Å². The predicted molar refractivity (Wildman–Crippen MR) is 105 cm³/mol. The third kappa shape index (κ3) is 3.34. The number of likely N-dealkylation sites (tertiary alicyclic amines) is 1.